The quantitative estimate of drug-likeness (QED) is 0.472. The number of thiophene rings is 1. The van der Waals surface area contributed by atoms with Crippen molar-refractivity contribution in [2.75, 3.05) is 18.4 Å². The Morgan fingerprint density at radius 3 is 2.74 bits per heavy atom. The van der Waals surface area contributed by atoms with Crippen LogP contribution in [0.3, 0.4) is 0 Å². The van der Waals surface area contributed by atoms with E-state index >= 15 is 0 Å². The number of hydrogen-bond donors (Lipinski definition) is 1. The average molecular weight is 432 g/mol. The van der Waals surface area contributed by atoms with Crippen LogP contribution in [0, 0.1) is 5.92 Å². The maximum atomic E-state index is 12.9. The second-order valence-corrected chi connectivity index (χ2v) is 9.08. The Kier molecular flexibility index (Phi) is 5.24. The largest absolute Gasteiger partial charge is 0.342 e. The van der Waals surface area contributed by atoms with Crippen LogP contribution >= 0.6 is 11.3 Å². The smallest absolute Gasteiger partial charge is 0.229 e. The molecule has 6 heteroatoms. The molecule has 1 aliphatic heterocycles. The summed E-state index contributed by atoms with van der Waals surface area (Å²) in [7, 11) is 0. The van der Waals surface area contributed by atoms with Crippen LogP contribution in [0.15, 0.2) is 60.0 Å². The fourth-order valence-corrected chi connectivity index (χ4v) is 5.28. The van der Waals surface area contributed by atoms with Crippen LogP contribution in [0.5, 0.6) is 0 Å². The lowest BCUT2D eigenvalue weighted by atomic mass is 10.1. The minimum atomic E-state index is -0.302. The zero-order valence-corrected chi connectivity index (χ0v) is 18.3. The molecule has 1 unspecified atom stereocenters. The summed E-state index contributed by atoms with van der Waals surface area (Å²) < 4.78 is 2.29. The number of benzene rings is 2. The number of para-hydroxylation sites is 1. The number of aromatic nitrogens is 1. The van der Waals surface area contributed by atoms with E-state index < -0.39 is 0 Å². The van der Waals surface area contributed by atoms with E-state index in [2.05, 4.69) is 47.1 Å². The molecule has 2 aromatic heterocycles. The van der Waals surface area contributed by atoms with E-state index in [0.717, 1.165) is 29.6 Å². The lowest BCUT2D eigenvalue weighted by Crippen LogP contribution is -2.29. The van der Waals surface area contributed by atoms with Gasteiger partial charge in [-0.25, -0.2) is 0 Å². The Balaban J connectivity index is 1.31. The van der Waals surface area contributed by atoms with E-state index in [9.17, 15) is 9.59 Å². The first-order chi connectivity index (χ1) is 15.1. The number of nitrogens with one attached hydrogen (secondary N) is 1. The fraction of sp³-hybridized carbons (Fsp3) is 0.280. The van der Waals surface area contributed by atoms with Crippen LogP contribution in [0.2, 0.25) is 0 Å². The molecule has 2 amide bonds. The summed E-state index contributed by atoms with van der Waals surface area (Å²) >= 11 is 1.70. The van der Waals surface area contributed by atoms with E-state index in [0.29, 0.717) is 13.1 Å². The maximum Gasteiger partial charge on any atom is 0.229 e. The van der Waals surface area contributed by atoms with Crippen molar-refractivity contribution in [3.8, 4) is 0 Å². The van der Waals surface area contributed by atoms with Gasteiger partial charge in [-0.3, -0.25) is 9.59 Å². The predicted molar refractivity (Wildman–Crippen MR) is 126 cm³/mol. The van der Waals surface area contributed by atoms with E-state index in [1.807, 2.05) is 34.5 Å². The normalized spacial score (nSPS) is 16.5. The standard InChI is InChI=1S/C25H25N3O2S/c1-2-28-22-8-4-3-7-20(22)21-15-18(9-10-23(21)28)26-25(30)17-14-24(29)27(16-17)12-11-19-6-5-13-31-19/h3-10,13,15,17H,2,11-12,14,16H2,1H3,(H,26,30). The van der Waals surface area contributed by atoms with E-state index in [4.69, 9.17) is 0 Å². The highest BCUT2D eigenvalue weighted by Gasteiger charge is 2.34. The number of rotatable bonds is 6. The van der Waals surface area contributed by atoms with E-state index in [1.165, 1.54) is 15.8 Å². The van der Waals surface area contributed by atoms with Gasteiger partial charge in [-0.2, -0.15) is 0 Å². The third-order valence-electron chi connectivity index (χ3n) is 6.15. The lowest BCUT2D eigenvalue weighted by Gasteiger charge is -2.16. The first-order valence-corrected chi connectivity index (χ1v) is 11.6. The molecule has 1 atom stereocenters. The number of likely N-dealkylation sites (tertiary alicyclic amines) is 1. The van der Waals surface area contributed by atoms with Gasteiger partial charge in [0.15, 0.2) is 0 Å². The summed E-state index contributed by atoms with van der Waals surface area (Å²) in [6.07, 6.45) is 1.13. The van der Waals surface area contributed by atoms with Crippen LogP contribution in [-0.4, -0.2) is 34.4 Å². The molecular weight excluding hydrogens is 406 g/mol. The number of anilines is 1. The molecule has 2 aromatic carbocycles. The first kappa shape index (κ1) is 19.8. The Bertz CT molecular complexity index is 1260. The van der Waals surface area contributed by atoms with Crippen molar-refractivity contribution >= 4 is 50.6 Å². The monoisotopic (exact) mass is 431 g/mol. The maximum absolute atomic E-state index is 12.9. The number of nitrogens with zero attached hydrogens (tertiary/aromatic N) is 2. The summed E-state index contributed by atoms with van der Waals surface area (Å²) in [5.41, 5.74) is 3.14. The summed E-state index contributed by atoms with van der Waals surface area (Å²) in [6.45, 7) is 4.20. The molecule has 0 saturated carbocycles. The van der Waals surface area contributed by atoms with Gasteiger partial charge >= 0.3 is 0 Å². The predicted octanol–water partition coefficient (Wildman–Crippen LogP) is 4.91. The lowest BCUT2D eigenvalue weighted by molar-refractivity contribution is -0.128. The summed E-state index contributed by atoms with van der Waals surface area (Å²) in [5.74, 6) is -0.313. The molecule has 0 spiro atoms. The molecule has 4 aromatic rings. The van der Waals surface area contributed by atoms with Gasteiger partial charge in [0, 0.05) is 58.4 Å². The van der Waals surface area contributed by atoms with Crippen molar-refractivity contribution in [1.82, 2.24) is 9.47 Å². The van der Waals surface area contributed by atoms with Crippen molar-refractivity contribution in [2.24, 2.45) is 5.92 Å². The molecule has 5 nitrogen and oxygen atoms in total. The Labute approximate surface area is 185 Å². The highest BCUT2D eigenvalue weighted by Crippen LogP contribution is 2.31. The highest BCUT2D eigenvalue weighted by molar-refractivity contribution is 7.09. The van der Waals surface area contributed by atoms with Crippen LogP contribution in [0.4, 0.5) is 5.69 Å². The molecule has 0 bridgehead atoms. The van der Waals surface area contributed by atoms with Gasteiger partial charge in [-0.05, 0) is 49.1 Å². The van der Waals surface area contributed by atoms with Crippen LogP contribution in [0.25, 0.3) is 21.8 Å². The van der Waals surface area contributed by atoms with Gasteiger partial charge in [0.25, 0.3) is 0 Å². The summed E-state index contributed by atoms with van der Waals surface area (Å²) in [4.78, 5) is 28.4. The number of carbonyl (C=O) groups is 2. The van der Waals surface area contributed by atoms with Gasteiger partial charge in [-0.1, -0.05) is 24.3 Å². The Morgan fingerprint density at radius 2 is 1.94 bits per heavy atom. The summed E-state index contributed by atoms with van der Waals surface area (Å²) in [5, 5.41) is 7.42. The third kappa shape index (κ3) is 3.72. The number of amides is 2. The minimum Gasteiger partial charge on any atom is -0.342 e. The fourth-order valence-electron chi connectivity index (χ4n) is 4.58. The van der Waals surface area contributed by atoms with Crippen LogP contribution in [-0.2, 0) is 22.6 Å². The number of carbonyl (C=O) groups excluding carboxylic acids is 2. The van der Waals surface area contributed by atoms with E-state index in [1.54, 1.807) is 11.3 Å². The Hall–Kier alpha value is -3.12. The van der Waals surface area contributed by atoms with Gasteiger partial charge < -0.3 is 14.8 Å². The van der Waals surface area contributed by atoms with Gasteiger partial charge in [-0.15, -0.1) is 11.3 Å². The second-order valence-electron chi connectivity index (χ2n) is 8.05. The zero-order chi connectivity index (χ0) is 21.4. The van der Waals surface area contributed by atoms with Crippen molar-refractivity contribution in [2.45, 2.75) is 26.3 Å². The highest BCUT2D eigenvalue weighted by atomic mass is 32.1. The van der Waals surface area contributed by atoms with Crippen molar-refractivity contribution in [3.63, 3.8) is 0 Å². The first-order valence-electron chi connectivity index (χ1n) is 10.8. The van der Waals surface area contributed by atoms with Gasteiger partial charge in [0.05, 0.1) is 5.92 Å². The molecule has 1 aliphatic rings. The molecule has 1 N–H and O–H groups in total. The molecule has 1 fully saturated rings. The minimum absolute atomic E-state index is 0.0678. The van der Waals surface area contributed by atoms with Crippen molar-refractivity contribution < 1.29 is 9.59 Å². The second kappa shape index (κ2) is 8.19. The number of hydrogen-bond acceptors (Lipinski definition) is 3. The van der Waals surface area contributed by atoms with Crippen molar-refractivity contribution in [1.29, 1.82) is 0 Å². The van der Waals surface area contributed by atoms with Gasteiger partial charge in [0.1, 0.15) is 0 Å². The van der Waals surface area contributed by atoms with Gasteiger partial charge in [0.2, 0.25) is 11.8 Å². The molecule has 3 heterocycles. The molecule has 0 aliphatic carbocycles. The third-order valence-corrected chi connectivity index (χ3v) is 7.09. The molecular formula is C25H25N3O2S. The SMILES string of the molecule is CCn1c2ccccc2c2cc(NC(=O)C3CC(=O)N(CCc4cccs4)C3)ccc21. The van der Waals surface area contributed by atoms with E-state index in [-0.39, 0.29) is 24.2 Å². The molecule has 5 rings (SSSR count). The topological polar surface area (TPSA) is 54.3 Å². The Morgan fingerprint density at radius 1 is 1.10 bits per heavy atom. The molecule has 1 saturated heterocycles. The van der Waals surface area contributed by atoms with Crippen LogP contribution < -0.4 is 5.32 Å². The zero-order valence-electron chi connectivity index (χ0n) is 17.5. The van der Waals surface area contributed by atoms with Crippen molar-refractivity contribution in [3.05, 3.63) is 64.9 Å². The molecule has 31 heavy (non-hydrogen) atoms. The average Bonchev–Trinajstić information content (AvgIpc) is 3.50. The number of aryl methyl sites for hydroxylation is 1. The molecule has 0 radical (unpaired) electrons. The summed E-state index contributed by atoms with van der Waals surface area (Å²) in [6, 6.07) is 18.5. The molecule has 158 valence electrons. The van der Waals surface area contributed by atoms with Crippen LogP contribution in [0.1, 0.15) is 18.2 Å². The number of fused-ring (bicyclic) bond motifs is 3.